The van der Waals surface area contributed by atoms with Crippen LogP contribution in [0, 0.1) is 0 Å². The Labute approximate surface area is 93.1 Å². The summed E-state index contributed by atoms with van der Waals surface area (Å²) >= 11 is 0. The van der Waals surface area contributed by atoms with Gasteiger partial charge in [-0.25, -0.2) is 0 Å². The molecule has 1 aliphatic rings. The van der Waals surface area contributed by atoms with Gasteiger partial charge in [0, 0.05) is 23.9 Å². The van der Waals surface area contributed by atoms with Gasteiger partial charge < -0.3 is 4.74 Å². The van der Waals surface area contributed by atoms with Crippen molar-refractivity contribution in [2.45, 2.75) is 26.3 Å². The number of fused-ring (bicyclic) bond motifs is 2. The summed E-state index contributed by atoms with van der Waals surface area (Å²) in [5.41, 5.74) is 1.07. The van der Waals surface area contributed by atoms with Crippen molar-refractivity contribution in [3.63, 3.8) is 0 Å². The molecule has 0 fully saturated rings. The van der Waals surface area contributed by atoms with E-state index in [1.165, 1.54) is 0 Å². The van der Waals surface area contributed by atoms with E-state index < -0.39 is 0 Å². The molecule has 0 amide bonds. The van der Waals surface area contributed by atoms with E-state index >= 15 is 0 Å². The minimum absolute atomic E-state index is 0.336. The highest BCUT2D eigenvalue weighted by Gasteiger charge is 2.22. The maximum absolute atomic E-state index is 5.66. The molecule has 0 bridgehead atoms. The van der Waals surface area contributed by atoms with Crippen LogP contribution in [0.25, 0.3) is 0 Å². The molecule has 5 nitrogen and oxygen atoms in total. The number of rotatable bonds is 1. The summed E-state index contributed by atoms with van der Waals surface area (Å²) in [6.45, 7) is 4.92. The van der Waals surface area contributed by atoms with Crippen molar-refractivity contribution in [1.29, 1.82) is 0 Å². The molecule has 5 heteroatoms. The zero-order valence-electron chi connectivity index (χ0n) is 9.21. The number of pyridine rings is 1. The van der Waals surface area contributed by atoms with E-state index in [4.69, 9.17) is 4.74 Å². The van der Waals surface area contributed by atoms with E-state index in [1.54, 1.807) is 6.20 Å². The van der Waals surface area contributed by atoms with Gasteiger partial charge in [0.25, 0.3) is 0 Å². The van der Waals surface area contributed by atoms with Crippen LogP contribution < -0.4 is 4.74 Å². The molecular formula is C11H12N4O. The highest BCUT2D eigenvalue weighted by atomic mass is 16.5. The highest BCUT2D eigenvalue weighted by molar-refractivity contribution is 5.36. The smallest absolute Gasteiger partial charge is 0.322 e. The molecule has 0 saturated carbocycles. The van der Waals surface area contributed by atoms with Gasteiger partial charge in [-0.1, -0.05) is 18.9 Å². The summed E-state index contributed by atoms with van der Waals surface area (Å²) in [6.07, 6.45) is 3.54. The van der Waals surface area contributed by atoms with E-state index in [0.717, 1.165) is 23.7 Å². The normalized spacial score (nSPS) is 13.2. The van der Waals surface area contributed by atoms with Crippen molar-refractivity contribution in [1.82, 2.24) is 19.7 Å². The van der Waals surface area contributed by atoms with Crippen LogP contribution in [-0.2, 0) is 6.54 Å². The predicted octanol–water partition coefficient (Wildman–Crippen LogP) is 1.95. The fraction of sp³-hybridized carbons (Fsp3) is 0.364. The third-order valence-electron chi connectivity index (χ3n) is 2.65. The topological polar surface area (TPSA) is 52.8 Å². The Morgan fingerprint density at radius 3 is 3.06 bits per heavy atom. The van der Waals surface area contributed by atoms with E-state index in [9.17, 15) is 0 Å². The third-order valence-corrected chi connectivity index (χ3v) is 2.65. The van der Waals surface area contributed by atoms with E-state index in [0.29, 0.717) is 11.9 Å². The standard InChI is InChI=1S/C11H12N4O/c1-7(2)10-13-14-11-15(10)6-8-5-12-4-3-9(8)16-11/h3-5,7H,6H2,1-2H3. The van der Waals surface area contributed by atoms with Gasteiger partial charge in [0.05, 0.1) is 6.54 Å². The summed E-state index contributed by atoms with van der Waals surface area (Å²) in [6, 6.07) is 2.42. The maximum atomic E-state index is 5.66. The lowest BCUT2D eigenvalue weighted by Crippen LogP contribution is -2.13. The summed E-state index contributed by atoms with van der Waals surface area (Å²) < 4.78 is 7.65. The summed E-state index contributed by atoms with van der Waals surface area (Å²) in [5.74, 6) is 2.11. The molecular weight excluding hydrogens is 204 g/mol. The number of nitrogens with zero attached hydrogens (tertiary/aromatic N) is 4. The quantitative estimate of drug-likeness (QED) is 0.624. The maximum Gasteiger partial charge on any atom is 0.322 e. The van der Waals surface area contributed by atoms with Crippen LogP contribution in [-0.4, -0.2) is 19.7 Å². The molecule has 82 valence electrons. The van der Waals surface area contributed by atoms with Gasteiger partial charge in [0.15, 0.2) is 0 Å². The molecule has 0 N–H and O–H groups in total. The zero-order valence-corrected chi connectivity index (χ0v) is 9.21. The second-order valence-corrected chi connectivity index (χ2v) is 4.17. The van der Waals surface area contributed by atoms with Crippen molar-refractivity contribution in [2.24, 2.45) is 0 Å². The molecule has 0 saturated heterocycles. The lowest BCUT2D eigenvalue weighted by Gasteiger charge is -2.19. The van der Waals surface area contributed by atoms with Gasteiger partial charge in [-0.05, 0) is 6.07 Å². The molecule has 0 atom stereocenters. The molecule has 16 heavy (non-hydrogen) atoms. The molecule has 0 radical (unpaired) electrons. The van der Waals surface area contributed by atoms with E-state index in [2.05, 4.69) is 29.0 Å². The predicted molar refractivity (Wildman–Crippen MR) is 57.5 cm³/mol. The lowest BCUT2D eigenvalue weighted by molar-refractivity contribution is 0.382. The molecule has 3 rings (SSSR count). The molecule has 2 aromatic rings. The minimum Gasteiger partial charge on any atom is -0.424 e. The Morgan fingerprint density at radius 1 is 1.38 bits per heavy atom. The SMILES string of the molecule is CC(C)c1nnc2n1Cc1cnccc1O2. The van der Waals surface area contributed by atoms with Crippen LogP contribution in [0.5, 0.6) is 11.8 Å². The second-order valence-electron chi connectivity index (χ2n) is 4.17. The third kappa shape index (κ3) is 1.28. The first-order valence-corrected chi connectivity index (χ1v) is 5.29. The number of hydrogen-bond acceptors (Lipinski definition) is 4. The van der Waals surface area contributed by atoms with Crippen molar-refractivity contribution in [2.75, 3.05) is 0 Å². The van der Waals surface area contributed by atoms with Crippen molar-refractivity contribution < 1.29 is 4.74 Å². The van der Waals surface area contributed by atoms with Crippen molar-refractivity contribution in [3.8, 4) is 11.8 Å². The first-order valence-electron chi connectivity index (χ1n) is 5.29. The van der Waals surface area contributed by atoms with Crippen LogP contribution in [0.15, 0.2) is 18.5 Å². The first-order chi connectivity index (χ1) is 7.75. The van der Waals surface area contributed by atoms with Gasteiger partial charge in [0.1, 0.15) is 11.6 Å². The molecule has 2 aromatic heterocycles. The van der Waals surface area contributed by atoms with Crippen molar-refractivity contribution in [3.05, 3.63) is 29.8 Å². The van der Waals surface area contributed by atoms with E-state index in [-0.39, 0.29) is 0 Å². The zero-order chi connectivity index (χ0) is 11.1. The number of aromatic nitrogens is 4. The van der Waals surface area contributed by atoms with Gasteiger partial charge >= 0.3 is 6.01 Å². The number of hydrogen-bond donors (Lipinski definition) is 0. The first kappa shape index (κ1) is 9.33. The van der Waals surface area contributed by atoms with Crippen LogP contribution in [0.4, 0.5) is 0 Å². The van der Waals surface area contributed by atoms with Crippen LogP contribution in [0.3, 0.4) is 0 Å². The fourth-order valence-corrected chi connectivity index (χ4v) is 1.85. The van der Waals surface area contributed by atoms with Gasteiger partial charge in [-0.15, -0.1) is 5.10 Å². The van der Waals surface area contributed by atoms with Gasteiger partial charge in [-0.3, -0.25) is 9.55 Å². The largest absolute Gasteiger partial charge is 0.424 e. The van der Waals surface area contributed by atoms with Crippen molar-refractivity contribution >= 4 is 0 Å². The molecule has 0 aliphatic carbocycles. The Bertz CT molecular complexity index is 533. The molecule has 0 unspecified atom stereocenters. The summed E-state index contributed by atoms with van der Waals surface area (Å²) in [5, 5.41) is 8.20. The average Bonchev–Trinajstić information content (AvgIpc) is 2.68. The fourth-order valence-electron chi connectivity index (χ4n) is 1.85. The van der Waals surface area contributed by atoms with Crippen LogP contribution in [0.1, 0.15) is 31.2 Å². The Kier molecular flexibility index (Phi) is 1.92. The van der Waals surface area contributed by atoms with Crippen LogP contribution in [0.2, 0.25) is 0 Å². The highest BCUT2D eigenvalue weighted by Crippen LogP contribution is 2.32. The van der Waals surface area contributed by atoms with Crippen LogP contribution >= 0.6 is 0 Å². The lowest BCUT2D eigenvalue weighted by atomic mass is 10.2. The minimum atomic E-state index is 0.336. The molecule has 0 aromatic carbocycles. The Morgan fingerprint density at radius 2 is 2.25 bits per heavy atom. The summed E-state index contributed by atoms with van der Waals surface area (Å²) in [4.78, 5) is 4.10. The summed E-state index contributed by atoms with van der Waals surface area (Å²) in [7, 11) is 0. The Balaban J connectivity index is 2.07. The average molecular weight is 216 g/mol. The number of ether oxygens (including phenoxy) is 1. The molecule has 1 aliphatic heterocycles. The van der Waals surface area contributed by atoms with E-state index in [1.807, 2.05) is 16.8 Å². The van der Waals surface area contributed by atoms with Gasteiger partial charge in [0.2, 0.25) is 0 Å². The molecule has 0 spiro atoms. The van der Waals surface area contributed by atoms with Gasteiger partial charge in [-0.2, -0.15) is 0 Å². The monoisotopic (exact) mass is 216 g/mol. The Hall–Kier alpha value is -1.91. The molecule has 3 heterocycles. The second kappa shape index (κ2) is 3.30.